The van der Waals surface area contributed by atoms with Crippen LogP contribution in [0, 0.1) is 5.41 Å². The number of rotatable bonds is 7. The zero-order valence-corrected chi connectivity index (χ0v) is 21.2. The number of aliphatic hydroxyl groups is 1. The van der Waals surface area contributed by atoms with Gasteiger partial charge in [0.1, 0.15) is 23.3 Å². The molecule has 5 rings (SSSR count). The molecule has 1 aliphatic rings. The Labute approximate surface area is 214 Å². The summed E-state index contributed by atoms with van der Waals surface area (Å²) in [6, 6.07) is 12.8. The fraction of sp³-hybridized carbons (Fsp3) is 0.296. The summed E-state index contributed by atoms with van der Waals surface area (Å²) >= 11 is 6.61. The highest BCUT2D eigenvalue weighted by Crippen LogP contribution is 2.38. The van der Waals surface area contributed by atoms with Crippen LogP contribution >= 0.6 is 11.6 Å². The van der Waals surface area contributed by atoms with Crippen molar-refractivity contribution in [3.05, 3.63) is 71.1 Å². The smallest absolute Gasteiger partial charge is 0.254 e. The summed E-state index contributed by atoms with van der Waals surface area (Å²) in [4.78, 5) is 23.5. The maximum absolute atomic E-state index is 12.9. The van der Waals surface area contributed by atoms with E-state index in [0.29, 0.717) is 47.5 Å². The molecule has 0 radical (unpaired) electrons. The number of aromatic nitrogens is 3. The van der Waals surface area contributed by atoms with Gasteiger partial charge in [-0.05, 0) is 41.8 Å². The number of carbonyl (C=O) groups is 1. The maximum atomic E-state index is 12.9. The van der Waals surface area contributed by atoms with Crippen LogP contribution in [0.25, 0.3) is 11.0 Å². The largest absolute Gasteiger partial charge is 0.455 e. The van der Waals surface area contributed by atoms with E-state index in [1.807, 2.05) is 46.0 Å². The van der Waals surface area contributed by atoms with Gasteiger partial charge in [0.25, 0.3) is 5.91 Å². The van der Waals surface area contributed by atoms with Gasteiger partial charge in [-0.15, -0.1) is 0 Å². The van der Waals surface area contributed by atoms with Gasteiger partial charge in [0, 0.05) is 36.1 Å². The number of halogens is 1. The number of anilines is 2. The third-order valence-corrected chi connectivity index (χ3v) is 6.27. The van der Waals surface area contributed by atoms with Crippen molar-refractivity contribution in [3.8, 4) is 11.5 Å². The van der Waals surface area contributed by atoms with Crippen molar-refractivity contribution in [2.45, 2.75) is 33.9 Å². The minimum Gasteiger partial charge on any atom is -0.455 e. The molecule has 36 heavy (non-hydrogen) atoms. The molecule has 8 nitrogen and oxygen atoms in total. The van der Waals surface area contributed by atoms with Crippen molar-refractivity contribution in [1.82, 2.24) is 19.4 Å². The van der Waals surface area contributed by atoms with Crippen molar-refractivity contribution in [3.63, 3.8) is 0 Å². The number of ether oxygens (including phenoxy) is 1. The quantitative estimate of drug-likeness (QED) is 0.339. The summed E-state index contributed by atoms with van der Waals surface area (Å²) in [6.45, 7) is 7.98. The molecule has 0 unspecified atom stereocenters. The molecule has 2 aromatic carbocycles. The average Bonchev–Trinajstić information content (AvgIpc) is 3.37. The Kier molecular flexibility index (Phi) is 6.32. The zero-order chi connectivity index (χ0) is 25.4. The number of amides is 1. The first-order valence-corrected chi connectivity index (χ1v) is 12.2. The molecule has 1 aliphatic heterocycles. The van der Waals surface area contributed by atoms with Crippen LogP contribution in [0.5, 0.6) is 11.5 Å². The number of fused-ring (bicyclic) bond motifs is 2. The Balaban J connectivity index is 1.38. The predicted octanol–water partition coefficient (Wildman–Crippen LogP) is 5.61. The van der Waals surface area contributed by atoms with Gasteiger partial charge in [-0.3, -0.25) is 4.79 Å². The lowest BCUT2D eigenvalue weighted by molar-refractivity contribution is 0.0720. The minimum absolute atomic E-state index is 0.000156. The summed E-state index contributed by atoms with van der Waals surface area (Å²) in [5, 5.41) is 13.1. The Morgan fingerprint density at radius 2 is 1.97 bits per heavy atom. The minimum atomic E-state index is -0.000156. The van der Waals surface area contributed by atoms with Crippen molar-refractivity contribution in [1.29, 1.82) is 0 Å². The molecule has 0 saturated carbocycles. The first-order valence-electron chi connectivity index (χ1n) is 11.8. The molecule has 0 fully saturated rings. The summed E-state index contributed by atoms with van der Waals surface area (Å²) in [5.41, 5.74) is 3.85. The standard InChI is InChI=1S/C27H28ClN5O3/c1-27(2,3)15-33-14-19-18(26(33)35)5-4-6-22(19)36-23-8-7-17(13-20(23)28)31-25-24-21(29-16-30-25)9-10-32(24)11-12-34/h4-10,13,16,34H,11-12,14-15H2,1-3H3,(H,29,30,31). The van der Waals surface area contributed by atoms with Crippen LogP contribution in [0.4, 0.5) is 11.5 Å². The lowest BCUT2D eigenvalue weighted by Crippen LogP contribution is -2.32. The van der Waals surface area contributed by atoms with Crippen LogP contribution < -0.4 is 10.1 Å². The van der Waals surface area contributed by atoms with E-state index in [0.717, 1.165) is 22.3 Å². The van der Waals surface area contributed by atoms with E-state index < -0.39 is 0 Å². The molecule has 9 heteroatoms. The normalized spacial score (nSPS) is 13.4. The Morgan fingerprint density at radius 1 is 1.14 bits per heavy atom. The van der Waals surface area contributed by atoms with Crippen LogP contribution in [0.2, 0.25) is 5.02 Å². The summed E-state index contributed by atoms with van der Waals surface area (Å²) < 4.78 is 8.10. The number of hydrogen-bond donors (Lipinski definition) is 2. The number of aliphatic hydroxyl groups excluding tert-OH is 1. The van der Waals surface area contributed by atoms with Crippen LogP contribution in [-0.2, 0) is 13.1 Å². The Bertz CT molecular complexity index is 1440. The third kappa shape index (κ3) is 4.74. The van der Waals surface area contributed by atoms with Crippen LogP contribution in [0.1, 0.15) is 36.7 Å². The van der Waals surface area contributed by atoms with Gasteiger partial charge in [-0.25, -0.2) is 9.97 Å². The molecular formula is C27H28ClN5O3. The molecule has 2 aromatic heterocycles. The van der Waals surface area contributed by atoms with Gasteiger partial charge in [0.05, 0.1) is 23.7 Å². The molecule has 1 amide bonds. The highest BCUT2D eigenvalue weighted by atomic mass is 35.5. The highest BCUT2D eigenvalue weighted by Gasteiger charge is 2.32. The lowest BCUT2D eigenvalue weighted by Gasteiger charge is -2.26. The molecule has 0 saturated heterocycles. The van der Waals surface area contributed by atoms with E-state index in [4.69, 9.17) is 16.3 Å². The number of carbonyl (C=O) groups excluding carboxylic acids is 1. The zero-order valence-electron chi connectivity index (χ0n) is 20.5. The van der Waals surface area contributed by atoms with E-state index in [-0.39, 0.29) is 17.9 Å². The van der Waals surface area contributed by atoms with Crippen molar-refractivity contribution in [2.24, 2.45) is 5.41 Å². The molecule has 186 valence electrons. The van der Waals surface area contributed by atoms with E-state index in [1.165, 1.54) is 6.33 Å². The monoisotopic (exact) mass is 505 g/mol. The van der Waals surface area contributed by atoms with E-state index in [9.17, 15) is 9.90 Å². The summed E-state index contributed by atoms with van der Waals surface area (Å²) in [5.74, 6) is 1.76. The molecular weight excluding hydrogens is 478 g/mol. The highest BCUT2D eigenvalue weighted by molar-refractivity contribution is 6.32. The van der Waals surface area contributed by atoms with Gasteiger partial charge < -0.3 is 24.6 Å². The van der Waals surface area contributed by atoms with Gasteiger partial charge >= 0.3 is 0 Å². The molecule has 2 N–H and O–H groups in total. The fourth-order valence-electron chi connectivity index (χ4n) is 4.49. The number of hydrogen-bond acceptors (Lipinski definition) is 6. The van der Waals surface area contributed by atoms with Crippen LogP contribution in [0.15, 0.2) is 55.0 Å². The Morgan fingerprint density at radius 3 is 2.72 bits per heavy atom. The second-order valence-corrected chi connectivity index (χ2v) is 10.5. The van der Waals surface area contributed by atoms with E-state index in [1.54, 1.807) is 12.1 Å². The average molecular weight is 506 g/mol. The molecule has 0 aliphatic carbocycles. The summed E-state index contributed by atoms with van der Waals surface area (Å²) in [7, 11) is 0. The number of nitrogens with zero attached hydrogens (tertiary/aromatic N) is 4. The van der Waals surface area contributed by atoms with E-state index >= 15 is 0 Å². The maximum Gasteiger partial charge on any atom is 0.254 e. The lowest BCUT2D eigenvalue weighted by atomic mass is 9.96. The van der Waals surface area contributed by atoms with Crippen molar-refractivity contribution >= 4 is 40.0 Å². The molecule has 0 spiro atoms. The molecule has 4 aromatic rings. The first kappa shape index (κ1) is 24.1. The second-order valence-electron chi connectivity index (χ2n) is 10.1. The van der Waals surface area contributed by atoms with Crippen molar-refractivity contribution < 1.29 is 14.6 Å². The van der Waals surface area contributed by atoms with Crippen LogP contribution in [0.3, 0.4) is 0 Å². The van der Waals surface area contributed by atoms with Gasteiger partial charge in [0.15, 0.2) is 5.82 Å². The van der Waals surface area contributed by atoms with Gasteiger partial charge in [-0.2, -0.15) is 0 Å². The number of nitrogens with one attached hydrogen (secondary N) is 1. The summed E-state index contributed by atoms with van der Waals surface area (Å²) in [6.07, 6.45) is 3.36. The molecule has 3 heterocycles. The first-order chi connectivity index (χ1) is 17.2. The SMILES string of the molecule is CC(C)(C)CN1Cc2c(Oc3ccc(Nc4ncnc5ccn(CCO)c45)cc3Cl)cccc2C1=O. The molecule has 0 atom stereocenters. The number of benzene rings is 2. The topological polar surface area (TPSA) is 92.5 Å². The Hall–Kier alpha value is -3.62. The van der Waals surface area contributed by atoms with Gasteiger partial charge in [-0.1, -0.05) is 38.4 Å². The molecule has 0 bridgehead atoms. The van der Waals surface area contributed by atoms with E-state index in [2.05, 4.69) is 36.1 Å². The predicted molar refractivity (Wildman–Crippen MR) is 140 cm³/mol. The third-order valence-electron chi connectivity index (χ3n) is 5.97. The fourth-order valence-corrected chi connectivity index (χ4v) is 4.71. The van der Waals surface area contributed by atoms with Gasteiger partial charge in [0.2, 0.25) is 0 Å². The van der Waals surface area contributed by atoms with Crippen LogP contribution in [-0.4, -0.2) is 43.6 Å². The van der Waals surface area contributed by atoms with Crippen molar-refractivity contribution in [2.75, 3.05) is 18.5 Å². The second kappa shape index (κ2) is 9.44.